The topological polar surface area (TPSA) is 68.2 Å². The number of sulfonamides is 1. The number of nitrogens with zero attached hydrogens (tertiary/aromatic N) is 1. The number of halogens is 5. The van der Waals surface area contributed by atoms with Crippen LogP contribution >= 0.6 is 11.6 Å². The van der Waals surface area contributed by atoms with Crippen molar-refractivity contribution >= 4 is 38.3 Å². The van der Waals surface area contributed by atoms with E-state index in [4.69, 9.17) is 11.6 Å². The number of hydrogen-bond acceptors (Lipinski definition) is 3. The lowest BCUT2D eigenvalue weighted by Crippen LogP contribution is -2.24. The van der Waals surface area contributed by atoms with Gasteiger partial charge in [-0.2, -0.15) is 13.2 Å². The average molecular weight is 505 g/mol. The van der Waals surface area contributed by atoms with E-state index < -0.39 is 38.9 Å². The number of carbonyl (C=O) groups excluding carboxylic acids is 1. The van der Waals surface area contributed by atoms with Gasteiger partial charge in [0.2, 0.25) is 10.0 Å². The number of ketones is 1. The SMILES string of the molecule is Cc1ccc2c(C(=O)c3cccc(C(F)(F)F)c3F)c(C)n(CCCNS(C)(=O)=O)c2c1Cl. The highest BCUT2D eigenvalue weighted by Gasteiger charge is 2.36. The Bertz CT molecular complexity index is 1350. The number of nitrogens with one attached hydrogen (secondary N) is 1. The van der Waals surface area contributed by atoms with Crippen LogP contribution in [0.1, 0.15) is 39.2 Å². The lowest BCUT2D eigenvalue weighted by molar-refractivity contribution is -0.140. The second-order valence-electron chi connectivity index (χ2n) is 7.72. The second kappa shape index (κ2) is 9.08. The fourth-order valence-corrected chi connectivity index (χ4v) is 4.53. The molecule has 0 bridgehead atoms. The molecule has 3 rings (SSSR count). The highest BCUT2D eigenvalue weighted by atomic mass is 35.5. The van der Waals surface area contributed by atoms with Crippen LogP contribution in [-0.4, -0.2) is 31.6 Å². The van der Waals surface area contributed by atoms with E-state index in [1.54, 1.807) is 30.5 Å². The molecule has 1 heterocycles. The predicted molar refractivity (Wildman–Crippen MR) is 119 cm³/mol. The number of aromatic nitrogens is 1. The molecule has 5 nitrogen and oxygen atoms in total. The molecule has 0 saturated heterocycles. The van der Waals surface area contributed by atoms with E-state index in [1.807, 2.05) is 0 Å². The van der Waals surface area contributed by atoms with Crippen molar-refractivity contribution in [3.8, 4) is 0 Å². The Hall–Kier alpha value is -2.43. The van der Waals surface area contributed by atoms with Gasteiger partial charge in [-0.15, -0.1) is 0 Å². The maximum Gasteiger partial charge on any atom is 0.419 e. The fourth-order valence-electron chi connectivity index (χ4n) is 3.75. The van der Waals surface area contributed by atoms with Gasteiger partial charge in [-0.1, -0.05) is 29.8 Å². The van der Waals surface area contributed by atoms with Gasteiger partial charge in [0.15, 0.2) is 5.78 Å². The molecule has 0 atom stereocenters. The van der Waals surface area contributed by atoms with Crippen molar-refractivity contribution in [3.05, 3.63) is 69.1 Å². The van der Waals surface area contributed by atoms with E-state index in [9.17, 15) is 30.8 Å². The lowest BCUT2D eigenvalue weighted by Gasteiger charge is -2.11. The highest BCUT2D eigenvalue weighted by molar-refractivity contribution is 7.88. The number of carbonyl (C=O) groups is 1. The summed E-state index contributed by atoms with van der Waals surface area (Å²) >= 11 is 6.50. The monoisotopic (exact) mass is 504 g/mol. The van der Waals surface area contributed by atoms with Gasteiger partial charge in [-0.05, 0) is 38.0 Å². The predicted octanol–water partition coefficient (Wildman–Crippen LogP) is 5.24. The molecule has 0 aliphatic heterocycles. The van der Waals surface area contributed by atoms with Crippen molar-refractivity contribution < 1.29 is 30.8 Å². The largest absolute Gasteiger partial charge is 0.419 e. The van der Waals surface area contributed by atoms with E-state index >= 15 is 0 Å². The molecule has 0 spiro atoms. The number of alkyl halides is 3. The molecular formula is C22H21ClF4N2O3S. The van der Waals surface area contributed by atoms with Gasteiger partial charge in [0, 0.05) is 24.2 Å². The number of rotatable bonds is 7. The first kappa shape index (κ1) is 25.2. The van der Waals surface area contributed by atoms with Gasteiger partial charge in [-0.3, -0.25) is 4.79 Å². The molecule has 2 aromatic carbocycles. The van der Waals surface area contributed by atoms with Crippen molar-refractivity contribution in [2.24, 2.45) is 0 Å². The van der Waals surface area contributed by atoms with E-state index in [1.165, 1.54) is 0 Å². The van der Waals surface area contributed by atoms with Crippen molar-refractivity contribution in [2.45, 2.75) is 33.0 Å². The molecule has 1 aromatic heterocycles. The van der Waals surface area contributed by atoms with E-state index in [0.717, 1.165) is 18.4 Å². The summed E-state index contributed by atoms with van der Waals surface area (Å²) in [5.41, 5.74) is -0.594. The Balaban J connectivity index is 2.14. The summed E-state index contributed by atoms with van der Waals surface area (Å²) in [5.74, 6) is -2.53. The first-order valence-electron chi connectivity index (χ1n) is 9.87. The van der Waals surface area contributed by atoms with Crippen LogP contribution < -0.4 is 4.72 Å². The van der Waals surface area contributed by atoms with Crippen LogP contribution in [0, 0.1) is 19.7 Å². The van der Waals surface area contributed by atoms with Crippen LogP contribution in [0.4, 0.5) is 17.6 Å². The Morgan fingerprint density at radius 3 is 2.42 bits per heavy atom. The van der Waals surface area contributed by atoms with Gasteiger partial charge in [0.1, 0.15) is 5.82 Å². The summed E-state index contributed by atoms with van der Waals surface area (Å²) in [7, 11) is -3.38. The van der Waals surface area contributed by atoms with Crippen LogP contribution in [0.5, 0.6) is 0 Å². The smallest absolute Gasteiger partial charge is 0.343 e. The maximum atomic E-state index is 14.7. The molecule has 3 aromatic rings. The Morgan fingerprint density at radius 1 is 1.15 bits per heavy atom. The quantitative estimate of drug-likeness (QED) is 0.272. The first-order chi connectivity index (χ1) is 15.2. The third-order valence-electron chi connectivity index (χ3n) is 5.31. The van der Waals surface area contributed by atoms with Crippen LogP contribution in [0.3, 0.4) is 0 Å². The number of benzene rings is 2. The molecule has 178 valence electrons. The summed E-state index contributed by atoms with van der Waals surface area (Å²) in [6.07, 6.45) is -3.56. The van der Waals surface area contributed by atoms with Crippen LogP contribution in [0.15, 0.2) is 30.3 Å². The molecule has 0 saturated carbocycles. The zero-order chi connectivity index (χ0) is 24.7. The minimum atomic E-state index is -4.95. The number of fused-ring (bicyclic) bond motifs is 1. The lowest BCUT2D eigenvalue weighted by atomic mass is 9.97. The molecule has 0 unspecified atom stereocenters. The van der Waals surface area contributed by atoms with E-state index in [-0.39, 0.29) is 18.7 Å². The fraction of sp³-hybridized carbons (Fsp3) is 0.318. The van der Waals surface area contributed by atoms with E-state index in [2.05, 4.69) is 4.72 Å². The Labute approximate surface area is 193 Å². The van der Waals surface area contributed by atoms with Gasteiger partial charge in [0.05, 0.1) is 33.5 Å². The van der Waals surface area contributed by atoms with Crippen LogP contribution in [0.2, 0.25) is 5.02 Å². The molecule has 0 amide bonds. The zero-order valence-corrected chi connectivity index (χ0v) is 19.6. The molecule has 11 heteroatoms. The van der Waals surface area contributed by atoms with Crippen molar-refractivity contribution in [3.63, 3.8) is 0 Å². The third kappa shape index (κ3) is 5.07. The summed E-state index contributed by atoms with van der Waals surface area (Å²) in [6, 6.07) is 5.87. The molecule has 0 aliphatic carbocycles. The van der Waals surface area contributed by atoms with Crippen LogP contribution in [-0.2, 0) is 22.7 Å². The molecule has 0 fully saturated rings. The molecule has 0 aliphatic rings. The molecule has 33 heavy (non-hydrogen) atoms. The van der Waals surface area contributed by atoms with Crippen molar-refractivity contribution in [2.75, 3.05) is 12.8 Å². The van der Waals surface area contributed by atoms with Gasteiger partial charge in [-0.25, -0.2) is 17.5 Å². The molecular weight excluding hydrogens is 484 g/mol. The van der Waals surface area contributed by atoms with Gasteiger partial charge in [0.25, 0.3) is 0 Å². The van der Waals surface area contributed by atoms with Crippen LogP contribution in [0.25, 0.3) is 10.9 Å². The minimum absolute atomic E-state index is 0.0428. The minimum Gasteiger partial charge on any atom is -0.343 e. The van der Waals surface area contributed by atoms with Crippen molar-refractivity contribution in [1.29, 1.82) is 0 Å². The summed E-state index contributed by atoms with van der Waals surface area (Å²) in [6.45, 7) is 3.75. The second-order valence-corrected chi connectivity index (χ2v) is 9.93. The Morgan fingerprint density at radius 2 is 1.82 bits per heavy atom. The number of hydrogen-bond donors (Lipinski definition) is 1. The van der Waals surface area contributed by atoms with Crippen molar-refractivity contribution in [1.82, 2.24) is 9.29 Å². The number of aryl methyl sites for hydroxylation is 2. The summed E-state index contributed by atoms with van der Waals surface area (Å²) in [5, 5.41) is 0.719. The third-order valence-corrected chi connectivity index (χ3v) is 6.52. The maximum absolute atomic E-state index is 14.7. The first-order valence-corrected chi connectivity index (χ1v) is 12.1. The van der Waals surface area contributed by atoms with Gasteiger partial charge >= 0.3 is 6.18 Å². The average Bonchev–Trinajstić information content (AvgIpc) is 2.98. The van der Waals surface area contributed by atoms with Gasteiger partial charge < -0.3 is 4.57 Å². The molecule has 0 radical (unpaired) electrons. The molecule has 1 N–H and O–H groups in total. The highest BCUT2D eigenvalue weighted by Crippen LogP contribution is 2.37. The standard InChI is InChI=1S/C22H21ClF4N2O3S/c1-12-8-9-14-17(21(30)15-6-4-7-16(19(15)24)22(25,26)27)13(2)29(20(14)18(12)23)11-5-10-28-33(3,31)32/h4,6-9,28H,5,10-11H2,1-3H3. The summed E-state index contributed by atoms with van der Waals surface area (Å²) < 4.78 is 80.9. The zero-order valence-electron chi connectivity index (χ0n) is 18.0. The Kier molecular flexibility index (Phi) is 6.93. The summed E-state index contributed by atoms with van der Waals surface area (Å²) in [4.78, 5) is 13.3. The van der Waals surface area contributed by atoms with E-state index in [0.29, 0.717) is 39.7 Å². The normalized spacial score (nSPS) is 12.5.